The van der Waals surface area contributed by atoms with Crippen LogP contribution >= 0.6 is 12.4 Å². The van der Waals surface area contributed by atoms with E-state index in [2.05, 4.69) is 0 Å². The number of nitrogens with two attached hydrogens (primary N) is 1. The van der Waals surface area contributed by atoms with E-state index in [1.807, 2.05) is 42.5 Å². The summed E-state index contributed by atoms with van der Waals surface area (Å²) in [4.78, 5) is 12.0. The van der Waals surface area contributed by atoms with Crippen LogP contribution in [0.3, 0.4) is 0 Å². The number of hydrogen-bond acceptors (Lipinski definition) is 5. The molecule has 6 nitrogen and oxygen atoms in total. The molecule has 0 aliphatic heterocycles. The molecule has 3 aromatic rings. The van der Waals surface area contributed by atoms with Crippen molar-refractivity contribution < 1.29 is 19.0 Å². The third-order valence-electron chi connectivity index (χ3n) is 4.53. The number of aromatic nitrogens is 1. The highest BCUT2D eigenvalue weighted by atomic mass is 35.5. The zero-order valence-electron chi connectivity index (χ0n) is 16.2. The van der Waals surface area contributed by atoms with E-state index in [0.29, 0.717) is 23.8 Å². The van der Waals surface area contributed by atoms with Crippen LogP contribution in [0.15, 0.2) is 48.5 Å². The van der Waals surface area contributed by atoms with Gasteiger partial charge in [0.1, 0.15) is 23.8 Å². The number of methoxy groups -OCH3 is 2. The lowest BCUT2D eigenvalue weighted by Gasteiger charge is -2.15. The first kappa shape index (κ1) is 21.6. The van der Waals surface area contributed by atoms with Crippen molar-refractivity contribution in [2.24, 2.45) is 12.8 Å². The lowest BCUT2D eigenvalue weighted by molar-refractivity contribution is 0.0590. The van der Waals surface area contributed by atoms with Crippen LogP contribution in [0.1, 0.15) is 16.1 Å². The summed E-state index contributed by atoms with van der Waals surface area (Å²) in [6, 6.07) is 15.3. The maximum absolute atomic E-state index is 12.0. The van der Waals surface area contributed by atoms with Crippen molar-refractivity contribution in [3.63, 3.8) is 0 Å². The fourth-order valence-corrected chi connectivity index (χ4v) is 3.17. The van der Waals surface area contributed by atoms with Crippen LogP contribution in [0.25, 0.3) is 10.9 Å². The molecule has 0 unspecified atom stereocenters. The van der Waals surface area contributed by atoms with Crippen LogP contribution in [-0.2, 0) is 18.2 Å². The van der Waals surface area contributed by atoms with Gasteiger partial charge in [-0.1, -0.05) is 30.3 Å². The van der Waals surface area contributed by atoms with Crippen molar-refractivity contribution in [3.8, 4) is 11.5 Å². The van der Waals surface area contributed by atoms with Gasteiger partial charge in [-0.25, -0.2) is 4.79 Å². The quantitative estimate of drug-likeness (QED) is 0.611. The number of aryl methyl sites for hydroxylation is 1. The number of fused-ring (bicyclic) bond motifs is 1. The third kappa shape index (κ3) is 4.40. The summed E-state index contributed by atoms with van der Waals surface area (Å²) in [7, 11) is 4.75. The van der Waals surface area contributed by atoms with Crippen LogP contribution in [0.4, 0.5) is 0 Å². The van der Waals surface area contributed by atoms with Crippen molar-refractivity contribution in [3.05, 3.63) is 59.8 Å². The highest BCUT2D eigenvalue weighted by Gasteiger charge is 2.20. The van der Waals surface area contributed by atoms with E-state index in [0.717, 1.165) is 17.3 Å². The van der Waals surface area contributed by atoms with Gasteiger partial charge < -0.3 is 24.5 Å². The molecule has 0 fully saturated rings. The number of hydrogen-bond donors (Lipinski definition) is 1. The standard InChI is InChI=1S/C21H24N2O4.ClH/c1-23-17(21(24)26-3)12-16-18(9-10-19(25-2)20(16)23)27-13-15(22)11-14-7-5-4-6-8-14;/h4-10,12,15H,11,13,22H2,1-3H3;1H/t15-;/m0./s1. The van der Waals surface area contributed by atoms with Gasteiger partial charge >= 0.3 is 5.97 Å². The second kappa shape index (κ2) is 9.48. The summed E-state index contributed by atoms with van der Waals surface area (Å²) in [5, 5.41) is 0.782. The van der Waals surface area contributed by atoms with Gasteiger partial charge in [0.05, 0.1) is 19.7 Å². The molecular formula is C21H25ClN2O4. The maximum atomic E-state index is 12.0. The van der Waals surface area contributed by atoms with Gasteiger partial charge in [-0.15, -0.1) is 12.4 Å². The minimum absolute atomic E-state index is 0. The minimum Gasteiger partial charge on any atom is -0.495 e. The second-order valence-corrected chi connectivity index (χ2v) is 6.37. The number of ether oxygens (including phenoxy) is 3. The largest absolute Gasteiger partial charge is 0.495 e. The second-order valence-electron chi connectivity index (χ2n) is 6.37. The molecular weight excluding hydrogens is 380 g/mol. The Balaban J connectivity index is 0.00000280. The van der Waals surface area contributed by atoms with E-state index >= 15 is 0 Å². The van der Waals surface area contributed by atoms with E-state index in [9.17, 15) is 4.79 Å². The van der Waals surface area contributed by atoms with Gasteiger partial charge in [-0.05, 0) is 30.2 Å². The maximum Gasteiger partial charge on any atom is 0.354 e. The molecule has 28 heavy (non-hydrogen) atoms. The zero-order valence-corrected chi connectivity index (χ0v) is 17.0. The van der Waals surface area contributed by atoms with Crippen molar-refractivity contribution >= 4 is 29.3 Å². The van der Waals surface area contributed by atoms with Crippen LogP contribution in [0, 0.1) is 0 Å². The number of carbonyl (C=O) groups excluding carboxylic acids is 1. The molecule has 0 radical (unpaired) electrons. The molecule has 0 amide bonds. The molecule has 7 heteroatoms. The smallest absolute Gasteiger partial charge is 0.354 e. The molecule has 0 aliphatic carbocycles. The summed E-state index contributed by atoms with van der Waals surface area (Å²) < 4.78 is 18.0. The van der Waals surface area contributed by atoms with E-state index in [-0.39, 0.29) is 18.4 Å². The first-order chi connectivity index (χ1) is 13.0. The molecule has 2 N–H and O–H groups in total. The number of halogens is 1. The van der Waals surface area contributed by atoms with Crippen LogP contribution in [0.2, 0.25) is 0 Å². The predicted octanol–water partition coefficient (Wildman–Crippen LogP) is 3.34. The fourth-order valence-electron chi connectivity index (χ4n) is 3.17. The highest BCUT2D eigenvalue weighted by molar-refractivity contribution is 6.00. The van der Waals surface area contributed by atoms with Gasteiger partial charge in [-0.3, -0.25) is 0 Å². The first-order valence-electron chi connectivity index (χ1n) is 8.72. The van der Waals surface area contributed by atoms with Gasteiger partial charge in [0.15, 0.2) is 0 Å². The van der Waals surface area contributed by atoms with Crippen molar-refractivity contribution in [2.75, 3.05) is 20.8 Å². The Labute approximate surface area is 170 Å². The lowest BCUT2D eigenvalue weighted by Crippen LogP contribution is -2.30. The van der Waals surface area contributed by atoms with E-state index in [4.69, 9.17) is 19.9 Å². The average Bonchev–Trinajstić information content (AvgIpc) is 3.04. The molecule has 3 rings (SSSR count). The lowest BCUT2D eigenvalue weighted by atomic mass is 10.1. The highest BCUT2D eigenvalue weighted by Crippen LogP contribution is 2.35. The molecule has 0 spiro atoms. The zero-order chi connectivity index (χ0) is 19.4. The average molecular weight is 405 g/mol. The molecule has 0 aliphatic rings. The summed E-state index contributed by atoms with van der Waals surface area (Å²) in [5.74, 6) is 0.895. The molecule has 0 bridgehead atoms. The molecule has 1 aromatic heterocycles. The molecule has 1 atom stereocenters. The fraction of sp³-hybridized carbons (Fsp3) is 0.286. The normalized spacial score (nSPS) is 11.6. The number of benzene rings is 2. The summed E-state index contributed by atoms with van der Waals surface area (Å²) in [5.41, 5.74) is 8.59. The SMILES string of the molecule is COC(=O)c1cc2c(OC[C@@H](N)Cc3ccccc3)ccc(OC)c2n1C.Cl. The van der Waals surface area contributed by atoms with Crippen molar-refractivity contribution in [1.29, 1.82) is 0 Å². The Hall–Kier alpha value is -2.70. The van der Waals surface area contributed by atoms with Crippen LogP contribution in [-0.4, -0.2) is 37.4 Å². The van der Waals surface area contributed by atoms with E-state index < -0.39 is 5.97 Å². The van der Waals surface area contributed by atoms with Crippen LogP contribution < -0.4 is 15.2 Å². The summed E-state index contributed by atoms with van der Waals surface area (Å²) in [6.07, 6.45) is 0.725. The molecule has 0 saturated heterocycles. The Kier molecular flexibility index (Phi) is 7.31. The topological polar surface area (TPSA) is 75.7 Å². The number of carbonyl (C=O) groups is 1. The number of esters is 1. The van der Waals surface area contributed by atoms with E-state index in [1.165, 1.54) is 12.7 Å². The van der Waals surface area contributed by atoms with Crippen molar-refractivity contribution in [2.45, 2.75) is 12.5 Å². The first-order valence-corrected chi connectivity index (χ1v) is 8.72. The Bertz CT molecular complexity index is 940. The van der Waals surface area contributed by atoms with E-state index in [1.54, 1.807) is 24.8 Å². The molecule has 150 valence electrons. The van der Waals surface area contributed by atoms with Gasteiger partial charge in [0.2, 0.25) is 0 Å². The predicted molar refractivity (Wildman–Crippen MR) is 112 cm³/mol. The summed E-state index contributed by atoms with van der Waals surface area (Å²) in [6.45, 7) is 0.360. The Morgan fingerprint density at radius 2 is 1.79 bits per heavy atom. The minimum atomic E-state index is -0.414. The number of nitrogens with zero attached hydrogens (tertiary/aromatic N) is 1. The van der Waals surface area contributed by atoms with Gasteiger partial charge in [0, 0.05) is 18.5 Å². The van der Waals surface area contributed by atoms with Crippen molar-refractivity contribution in [1.82, 2.24) is 4.57 Å². The van der Waals surface area contributed by atoms with Gasteiger partial charge in [0.25, 0.3) is 0 Å². The molecule has 2 aromatic carbocycles. The Morgan fingerprint density at radius 3 is 2.43 bits per heavy atom. The molecule has 0 saturated carbocycles. The number of rotatable bonds is 7. The monoisotopic (exact) mass is 404 g/mol. The van der Waals surface area contributed by atoms with Crippen LogP contribution in [0.5, 0.6) is 11.5 Å². The molecule has 1 heterocycles. The summed E-state index contributed by atoms with van der Waals surface area (Å²) >= 11 is 0. The van der Waals surface area contributed by atoms with Gasteiger partial charge in [-0.2, -0.15) is 0 Å². The Morgan fingerprint density at radius 1 is 1.11 bits per heavy atom. The third-order valence-corrected chi connectivity index (χ3v) is 4.53.